The Morgan fingerprint density at radius 1 is 1.13 bits per heavy atom. The number of nitrogens with one attached hydrogen (secondary N) is 1. The lowest BCUT2D eigenvalue weighted by atomic mass is 10.2. The number of hydrogen-bond donors (Lipinski definition) is 1. The van der Waals surface area contributed by atoms with Crippen LogP contribution in [0.5, 0.6) is 11.5 Å². The Balaban J connectivity index is 1.95. The molecule has 0 spiro atoms. The van der Waals surface area contributed by atoms with Gasteiger partial charge in [-0.05, 0) is 29.8 Å². The zero-order valence-electron chi connectivity index (χ0n) is 13.0. The number of amides is 1. The van der Waals surface area contributed by atoms with E-state index in [4.69, 9.17) is 9.47 Å². The Morgan fingerprint density at radius 3 is 2.57 bits per heavy atom. The molecule has 0 fully saturated rings. The lowest BCUT2D eigenvalue weighted by molar-refractivity contribution is -0.116. The quantitative estimate of drug-likeness (QED) is 0.833. The maximum Gasteiger partial charge on any atom is 0.244 e. The van der Waals surface area contributed by atoms with Crippen LogP contribution in [0.4, 0.5) is 4.39 Å². The van der Waals surface area contributed by atoms with Crippen LogP contribution in [-0.4, -0.2) is 20.1 Å². The molecule has 0 unspecified atom stereocenters. The first-order valence-corrected chi connectivity index (χ1v) is 7.05. The zero-order valence-corrected chi connectivity index (χ0v) is 13.0. The Kier molecular flexibility index (Phi) is 5.74. The molecule has 0 heterocycles. The highest BCUT2D eigenvalue weighted by Gasteiger charge is 2.04. The molecule has 23 heavy (non-hydrogen) atoms. The molecule has 0 aromatic heterocycles. The highest BCUT2D eigenvalue weighted by molar-refractivity contribution is 5.91. The average Bonchev–Trinajstić information content (AvgIpc) is 2.58. The molecule has 2 aromatic rings. The SMILES string of the molecule is COc1ccc(/C=C/C(=O)NCc2ccccc2OC)cc1F. The van der Waals surface area contributed by atoms with E-state index in [0.717, 1.165) is 5.56 Å². The predicted molar refractivity (Wildman–Crippen MR) is 86.8 cm³/mol. The first kappa shape index (κ1) is 16.5. The van der Waals surface area contributed by atoms with Gasteiger partial charge in [0.05, 0.1) is 14.2 Å². The number of carbonyl (C=O) groups excluding carboxylic acids is 1. The normalized spacial score (nSPS) is 10.6. The van der Waals surface area contributed by atoms with Gasteiger partial charge < -0.3 is 14.8 Å². The summed E-state index contributed by atoms with van der Waals surface area (Å²) in [6.45, 7) is 0.351. The van der Waals surface area contributed by atoms with Crippen molar-refractivity contribution in [2.24, 2.45) is 0 Å². The number of carbonyl (C=O) groups is 1. The summed E-state index contributed by atoms with van der Waals surface area (Å²) in [6.07, 6.45) is 2.90. The number of methoxy groups -OCH3 is 2. The van der Waals surface area contributed by atoms with Crippen molar-refractivity contribution in [1.82, 2.24) is 5.32 Å². The van der Waals surface area contributed by atoms with Crippen molar-refractivity contribution in [3.63, 3.8) is 0 Å². The van der Waals surface area contributed by atoms with Crippen LogP contribution < -0.4 is 14.8 Å². The average molecular weight is 315 g/mol. The summed E-state index contributed by atoms with van der Waals surface area (Å²) in [5.74, 6) is 0.146. The van der Waals surface area contributed by atoms with Crippen molar-refractivity contribution in [2.75, 3.05) is 14.2 Å². The van der Waals surface area contributed by atoms with Gasteiger partial charge in [0.1, 0.15) is 5.75 Å². The number of halogens is 1. The van der Waals surface area contributed by atoms with Crippen LogP contribution in [0.1, 0.15) is 11.1 Å². The van der Waals surface area contributed by atoms with Crippen LogP contribution in [0.15, 0.2) is 48.5 Å². The summed E-state index contributed by atoms with van der Waals surface area (Å²) in [5, 5.41) is 2.76. The zero-order chi connectivity index (χ0) is 16.7. The molecule has 4 nitrogen and oxygen atoms in total. The maximum atomic E-state index is 13.6. The lowest BCUT2D eigenvalue weighted by Gasteiger charge is -2.08. The second-order valence-electron chi connectivity index (χ2n) is 4.76. The van der Waals surface area contributed by atoms with E-state index in [1.54, 1.807) is 19.3 Å². The molecule has 0 aliphatic carbocycles. The van der Waals surface area contributed by atoms with E-state index < -0.39 is 5.82 Å². The van der Waals surface area contributed by atoms with Gasteiger partial charge in [-0.15, -0.1) is 0 Å². The first-order chi connectivity index (χ1) is 11.1. The summed E-state index contributed by atoms with van der Waals surface area (Å²) in [5.41, 5.74) is 1.46. The highest BCUT2D eigenvalue weighted by Crippen LogP contribution is 2.18. The molecule has 0 radical (unpaired) electrons. The molecule has 120 valence electrons. The van der Waals surface area contributed by atoms with Gasteiger partial charge in [-0.1, -0.05) is 24.3 Å². The molecule has 2 rings (SSSR count). The van der Waals surface area contributed by atoms with E-state index >= 15 is 0 Å². The molecule has 1 N–H and O–H groups in total. The molecule has 0 aliphatic rings. The minimum Gasteiger partial charge on any atom is -0.496 e. The van der Waals surface area contributed by atoms with Crippen LogP contribution in [-0.2, 0) is 11.3 Å². The second-order valence-corrected chi connectivity index (χ2v) is 4.76. The van der Waals surface area contributed by atoms with E-state index in [0.29, 0.717) is 17.9 Å². The van der Waals surface area contributed by atoms with E-state index in [2.05, 4.69) is 5.32 Å². The van der Waals surface area contributed by atoms with Gasteiger partial charge in [-0.3, -0.25) is 4.79 Å². The van der Waals surface area contributed by atoms with Gasteiger partial charge in [0, 0.05) is 18.2 Å². The Bertz CT molecular complexity index is 713. The number of ether oxygens (including phenoxy) is 2. The summed E-state index contributed by atoms with van der Waals surface area (Å²) in [6, 6.07) is 11.9. The van der Waals surface area contributed by atoms with E-state index in [1.165, 1.54) is 25.3 Å². The third kappa shape index (κ3) is 4.57. The van der Waals surface area contributed by atoms with E-state index in [-0.39, 0.29) is 11.7 Å². The van der Waals surface area contributed by atoms with Crippen molar-refractivity contribution in [3.05, 3.63) is 65.5 Å². The summed E-state index contributed by atoms with van der Waals surface area (Å²) in [7, 11) is 2.98. The molecule has 0 atom stereocenters. The van der Waals surface area contributed by atoms with Crippen molar-refractivity contribution >= 4 is 12.0 Å². The number of benzene rings is 2. The number of para-hydroxylation sites is 1. The molecule has 0 saturated heterocycles. The van der Waals surface area contributed by atoms with Gasteiger partial charge in [-0.2, -0.15) is 0 Å². The van der Waals surface area contributed by atoms with Crippen molar-refractivity contribution in [2.45, 2.75) is 6.54 Å². The van der Waals surface area contributed by atoms with E-state index in [9.17, 15) is 9.18 Å². The minimum absolute atomic E-state index is 0.169. The fourth-order valence-electron chi connectivity index (χ4n) is 2.05. The van der Waals surface area contributed by atoms with Crippen molar-refractivity contribution in [3.8, 4) is 11.5 Å². The Hall–Kier alpha value is -2.82. The van der Waals surface area contributed by atoms with Gasteiger partial charge in [0.15, 0.2) is 11.6 Å². The molecule has 2 aromatic carbocycles. The topological polar surface area (TPSA) is 47.6 Å². The number of rotatable bonds is 6. The summed E-state index contributed by atoms with van der Waals surface area (Å²) >= 11 is 0. The van der Waals surface area contributed by atoms with Crippen LogP contribution >= 0.6 is 0 Å². The maximum absolute atomic E-state index is 13.6. The van der Waals surface area contributed by atoms with Gasteiger partial charge in [0.25, 0.3) is 0 Å². The predicted octanol–water partition coefficient (Wildman–Crippen LogP) is 3.17. The van der Waals surface area contributed by atoms with E-state index in [1.807, 2.05) is 24.3 Å². The first-order valence-electron chi connectivity index (χ1n) is 7.05. The molecular weight excluding hydrogens is 297 g/mol. The Morgan fingerprint density at radius 2 is 1.87 bits per heavy atom. The Labute approximate surface area is 134 Å². The van der Waals surface area contributed by atoms with Crippen molar-refractivity contribution in [1.29, 1.82) is 0 Å². The van der Waals surface area contributed by atoms with Gasteiger partial charge in [0.2, 0.25) is 5.91 Å². The third-order valence-electron chi connectivity index (χ3n) is 3.25. The fourth-order valence-corrected chi connectivity index (χ4v) is 2.05. The summed E-state index contributed by atoms with van der Waals surface area (Å²) < 4.78 is 23.6. The van der Waals surface area contributed by atoms with Gasteiger partial charge in [-0.25, -0.2) is 4.39 Å². The highest BCUT2D eigenvalue weighted by atomic mass is 19.1. The fraction of sp³-hybridized carbons (Fsp3) is 0.167. The number of hydrogen-bond acceptors (Lipinski definition) is 3. The minimum atomic E-state index is -0.468. The third-order valence-corrected chi connectivity index (χ3v) is 3.25. The monoisotopic (exact) mass is 315 g/mol. The van der Waals surface area contributed by atoms with Gasteiger partial charge >= 0.3 is 0 Å². The van der Waals surface area contributed by atoms with Crippen LogP contribution in [0, 0.1) is 5.82 Å². The standard InChI is InChI=1S/C18H18FNO3/c1-22-16-6-4-3-5-14(16)12-20-18(21)10-8-13-7-9-17(23-2)15(19)11-13/h3-11H,12H2,1-2H3,(H,20,21)/b10-8+. The molecule has 0 aliphatic heterocycles. The molecule has 5 heteroatoms. The second kappa shape index (κ2) is 7.98. The lowest BCUT2D eigenvalue weighted by Crippen LogP contribution is -2.20. The molecular formula is C18H18FNO3. The van der Waals surface area contributed by atoms with Crippen LogP contribution in [0.25, 0.3) is 6.08 Å². The summed E-state index contributed by atoms with van der Waals surface area (Å²) in [4.78, 5) is 11.8. The molecule has 1 amide bonds. The smallest absolute Gasteiger partial charge is 0.244 e. The van der Waals surface area contributed by atoms with Crippen LogP contribution in [0.2, 0.25) is 0 Å². The van der Waals surface area contributed by atoms with Crippen molar-refractivity contribution < 1.29 is 18.7 Å². The van der Waals surface area contributed by atoms with Crippen LogP contribution in [0.3, 0.4) is 0 Å². The molecule has 0 bridgehead atoms. The molecule has 0 saturated carbocycles. The largest absolute Gasteiger partial charge is 0.496 e.